The van der Waals surface area contributed by atoms with Crippen molar-refractivity contribution in [2.75, 3.05) is 19.6 Å². The second-order valence-corrected chi connectivity index (χ2v) is 8.99. The molecule has 0 N–H and O–H groups in total. The first-order valence-corrected chi connectivity index (χ1v) is 11.0. The molecule has 0 radical (unpaired) electrons. The lowest BCUT2D eigenvalue weighted by Crippen LogP contribution is -2.60. The van der Waals surface area contributed by atoms with Crippen LogP contribution in [0.5, 0.6) is 0 Å². The molecule has 7 heteroatoms. The lowest BCUT2D eigenvalue weighted by atomic mass is 9.74. The summed E-state index contributed by atoms with van der Waals surface area (Å²) in [7, 11) is 0. The van der Waals surface area contributed by atoms with Crippen LogP contribution in [-0.4, -0.2) is 61.0 Å². The summed E-state index contributed by atoms with van der Waals surface area (Å²) >= 11 is 0. The Labute approximate surface area is 175 Å². The fourth-order valence-corrected chi connectivity index (χ4v) is 5.97. The van der Waals surface area contributed by atoms with Crippen molar-refractivity contribution in [1.82, 2.24) is 29.4 Å². The van der Waals surface area contributed by atoms with Crippen molar-refractivity contribution in [2.45, 2.75) is 37.8 Å². The molecule has 3 fully saturated rings. The Hall–Kier alpha value is -2.80. The minimum Gasteiger partial charge on any atom is -0.335 e. The van der Waals surface area contributed by atoms with Crippen LogP contribution in [0.25, 0.3) is 5.78 Å². The number of carbonyl (C=O) groups excluding carboxylic acids is 1. The van der Waals surface area contributed by atoms with E-state index < -0.39 is 0 Å². The van der Waals surface area contributed by atoms with Crippen LogP contribution in [0, 0.1) is 11.8 Å². The molecule has 154 valence electrons. The molecule has 2 aromatic heterocycles. The monoisotopic (exact) mass is 402 g/mol. The maximum absolute atomic E-state index is 13.2. The predicted molar refractivity (Wildman–Crippen MR) is 112 cm³/mol. The lowest BCUT2D eigenvalue weighted by molar-refractivity contribution is -0.0513. The zero-order valence-electron chi connectivity index (χ0n) is 17.0. The smallest absolute Gasteiger partial charge is 0.293 e. The van der Waals surface area contributed by atoms with Crippen LogP contribution >= 0.6 is 0 Å². The molecule has 4 atom stereocenters. The van der Waals surface area contributed by atoms with Crippen LogP contribution in [0.3, 0.4) is 0 Å². The van der Waals surface area contributed by atoms with Crippen LogP contribution in [0.15, 0.2) is 48.8 Å². The summed E-state index contributed by atoms with van der Waals surface area (Å²) in [6.07, 6.45) is 8.41. The second-order valence-electron chi connectivity index (χ2n) is 8.99. The third-order valence-corrected chi connectivity index (χ3v) is 7.17. The molecule has 5 heterocycles. The highest BCUT2D eigenvalue weighted by Crippen LogP contribution is 2.44. The van der Waals surface area contributed by atoms with Crippen molar-refractivity contribution in [2.24, 2.45) is 11.8 Å². The number of aromatic nitrogens is 4. The van der Waals surface area contributed by atoms with Gasteiger partial charge >= 0.3 is 0 Å². The molecule has 3 aliphatic rings. The molecule has 0 aliphatic carbocycles. The molecule has 1 aromatic carbocycles. The van der Waals surface area contributed by atoms with Gasteiger partial charge in [-0.1, -0.05) is 30.3 Å². The number of carbonyl (C=O) groups is 1. The van der Waals surface area contributed by atoms with Gasteiger partial charge in [0.15, 0.2) is 0 Å². The van der Waals surface area contributed by atoms with Gasteiger partial charge in [0.2, 0.25) is 5.82 Å². The maximum Gasteiger partial charge on any atom is 0.293 e. The maximum atomic E-state index is 13.2. The van der Waals surface area contributed by atoms with Gasteiger partial charge in [0, 0.05) is 44.1 Å². The number of nitrogens with zero attached hydrogens (tertiary/aromatic N) is 6. The van der Waals surface area contributed by atoms with E-state index in [1.807, 2.05) is 4.90 Å². The van der Waals surface area contributed by atoms with Gasteiger partial charge < -0.3 is 4.90 Å². The molecule has 30 heavy (non-hydrogen) atoms. The largest absolute Gasteiger partial charge is 0.335 e. The summed E-state index contributed by atoms with van der Waals surface area (Å²) in [5.74, 6) is 1.73. The summed E-state index contributed by atoms with van der Waals surface area (Å²) in [5.41, 5.74) is 1.44. The molecule has 2 bridgehead atoms. The summed E-state index contributed by atoms with van der Waals surface area (Å²) < 4.78 is 1.57. The van der Waals surface area contributed by atoms with E-state index in [2.05, 4.69) is 50.3 Å². The van der Waals surface area contributed by atoms with Gasteiger partial charge in [0.1, 0.15) is 0 Å². The van der Waals surface area contributed by atoms with Gasteiger partial charge in [-0.3, -0.25) is 9.69 Å². The molecule has 3 aliphatic heterocycles. The van der Waals surface area contributed by atoms with Crippen LogP contribution in [0.4, 0.5) is 0 Å². The first-order chi connectivity index (χ1) is 14.8. The van der Waals surface area contributed by atoms with E-state index in [1.165, 1.54) is 31.2 Å². The van der Waals surface area contributed by atoms with Gasteiger partial charge in [-0.15, -0.1) is 5.10 Å². The van der Waals surface area contributed by atoms with Crippen LogP contribution in [-0.2, 0) is 0 Å². The number of piperidine rings is 3. The average Bonchev–Trinajstić information content (AvgIpc) is 3.23. The summed E-state index contributed by atoms with van der Waals surface area (Å²) in [5, 5.41) is 4.36. The van der Waals surface area contributed by atoms with Crippen molar-refractivity contribution in [3.8, 4) is 0 Å². The lowest BCUT2D eigenvalue weighted by Gasteiger charge is -2.55. The molecular formula is C23H26N6O. The summed E-state index contributed by atoms with van der Waals surface area (Å²) in [6.45, 7) is 2.68. The zero-order chi connectivity index (χ0) is 20.1. The first kappa shape index (κ1) is 18.0. The van der Waals surface area contributed by atoms with Crippen molar-refractivity contribution in [3.63, 3.8) is 0 Å². The van der Waals surface area contributed by atoms with E-state index in [0.29, 0.717) is 29.7 Å². The number of likely N-dealkylation sites (tertiary alicyclic amines) is 1. The van der Waals surface area contributed by atoms with Crippen LogP contribution in [0.1, 0.15) is 47.9 Å². The zero-order valence-corrected chi connectivity index (χ0v) is 17.0. The molecule has 3 saturated heterocycles. The van der Waals surface area contributed by atoms with E-state index in [0.717, 1.165) is 19.6 Å². The third-order valence-electron chi connectivity index (χ3n) is 7.17. The Kier molecular flexibility index (Phi) is 4.30. The Morgan fingerprint density at radius 3 is 2.80 bits per heavy atom. The number of amides is 1. The van der Waals surface area contributed by atoms with Gasteiger partial charge in [-0.05, 0) is 49.1 Å². The molecule has 6 rings (SSSR count). The Balaban J connectivity index is 1.23. The summed E-state index contributed by atoms with van der Waals surface area (Å²) in [6, 6.07) is 13.8. The first-order valence-electron chi connectivity index (χ1n) is 11.0. The minimum absolute atomic E-state index is 0.0564. The van der Waals surface area contributed by atoms with Crippen molar-refractivity contribution in [3.05, 3.63) is 60.2 Å². The number of benzene rings is 1. The highest BCUT2D eigenvalue weighted by atomic mass is 16.2. The normalized spacial score (nSPS) is 29.0. The van der Waals surface area contributed by atoms with Gasteiger partial charge in [-0.25, -0.2) is 9.50 Å². The topological polar surface area (TPSA) is 66.6 Å². The predicted octanol–water partition coefficient (Wildman–Crippen LogP) is 2.81. The fraction of sp³-hybridized carbons (Fsp3) is 0.478. The van der Waals surface area contributed by atoms with E-state index in [9.17, 15) is 4.79 Å². The highest BCUT2D eigenvalue weighted by Gasteiger charge is 2.46. The molecular weight excluding hydrogens is 376 g/mol. The Morgan fingerprint density at radius 2 is 1.93 bits per heavy atom. The molecule has 7 nitrogen and oxygen atoms in total. The van der Waals surface area contributed by atoms with Crippen LogP contribution in [0.2, 0.25) is 0 Å². The van der Waals surface area contributed by atoms with E-state index >= 15 is 0 Å². The number of fused-ring (bicyclic) bond motifs is 5. The van der Waals surface area contributed by atoms with Gasteiger partial charge in [0.05, 0.1) is 0 Å². The standard InChI is InChI=1S/C23H26N6O/c30-22(21-25-23-24-10-5-11-29(23)26-21)27-13-16-12-18(15-27)20-9-4-8-19(28(20)14-16)17-6-2-1-3-7-17/h1-3,5-7,10-11,16,18-20H,4,8-9,12-15H2/t16-,18+,19+,20-/m0/s1. The molecule has 3 aromatic rings. The van der Waals surface area contributed by atoms with E-state index in [4.69, 9.17) is 0 Å². The van der Waals surface area contributed by atoms with Crippen molar-refractivity contribution >= 4 is 11.7 Å². The van der Waals surface area contributed by atoms with Gasteiger partial charge in [-0.2, -0.15) is 4.98 Å². The average molecular weight is 403 g/mol. The highest BCUT2D eigenvalue weighted by molar-refractivity contribution is 5.91. The minimum atomic E-state index is -0.0564. The number of hydrogen-bond acceptors (Lipinski definition) is 5. The van der Waals surface area contributed by atoms with Crippen molar-refractivity contribution in [1.29, 1.82) is 0 Å². The quantitative estimate of drug-likeness (QED) is 0.659. The third kappa shape index (κ3) is 2.99. The number of rotatable bonds is 2. The number of hydrogen-bond donors (Lipinski definition) is 0. The Morgan fingerprint density at radius 1 is 1.03 bits per heavy atom. The van der Waals surface area contributed by atoms with Gasteiger partial charge in [0.25, 0.3) is 11.7 Å². The molecule has 0 spiro atoms. The van der Waals surface area contributed by atoms with E-state index in [-0.39, 0.29) is 11.7 Å². The fourth-order valence-electron chi connectivity index (χ4n) is 5.97. The Bertz CT molecular complexity index is 1030. The van der Waals surface area contributed by atoms with Crippen LogP contribution < -0.4 is 0 Å². The summed E-state index contributed by atoms with van der Waals surface area (Å²) in [4.78, 5) is 26.5. The SMILES string of the molecule is O=C(c1nc2ncccn2n1)N1C[C@@H]2C[C@H](C1)[C@@H]1CCC[C@H](c3ccccc3)N1C2. The van der Waals surface area contributed by atoms with E-state index in [1.54, 1.807) is 23.0 Å². The second kappa shape index (κ2) is 7.16. The molecule has 0 unspecified atom stereocenters. The van der Waals surface area contributed by atoms with Crippen molar-refractivity contribution < 1.29 is 4.79 Å². The molecule has 1 amide bonds. The molecule has 0 saturated carbocycles.